The lowest BCUT2D eigenvalue weighted by Gasteiger charge is -2.34. The fraction of sp³-hybridized carbons (Fsp3) is 0.333. The molecule has 3 aromatic rings. The molecule has 1 saturated heterocycles. The monoisotopic (exact) mass is 533 g/mol. The number of nitrogens with one attached hydrogen (secondary N) is 2. The third kappa shape index (κ3) is 7.39. The summed E-state index contributed by atoms with van der Waals surface area (Å²) in [6, 6.07) is 17.6. The number of hydrazine groups is 1. The molecule has 2 heterocycles. The van der Waals surface area contributed by atoms with Gasteiger partial charge in [0, 0.05) is 23.4 Å². The molecule has 8 heteroatoms. The van der Waals surface area contributed by atoms with Crippen LogP contribution in [-0.4, -0.2) is 48.9 Å². The molecule has 1 aliphatic rings. The molecule has 2 aromatic carbocycles. The summed E-state index contributed by atoms with van der Waals surface area (Å²) in [5.74, 6) is -1.50. The number of ether oxygens (including phenoxy) is 2. The highest BCUT2D eigenvalue weighted by atomic mass is 32.1. The zero-order valence-corrected chi connectivity index (χ0v) is 22.8. The number of hydrogen-bond donors (Lipinski definition) is 2. The number of thiophene rings is 1. The van der Waals surface area contributed by atoms with E-state index < -0.39 is 5.79 Å². The van der Waals surface area contributed by atoms with Gasteiger partial charge in [0.25, 0.3) is 11.8 Å². The molecule has 0 unspecified atom stereocenters. The average Bonchev–Trinajstić information content (AvgIpc) is 3.57. The Morgan fingerprint density at radius 2 is 1.82 bits per heavy atom. The minimum absolute atomic E-state index is 0.165. The van der Waals surface area contributed by atoms with Gasteiger partial charge in [0.05, 0.1) is 26.3 Å². The number of benzene rings is 2. The lowest BCUT2D eigenvalue weighted by Crippen LogP contribution is -2.54. The van der Waals surface area contributed by atoms with Gasteiger partial charge in [-0.15, -0.1) is 17.9 Å². The van der Waals surface area contributed by atoms with Gasteiger partial charge < -0.3 is 14.8 Å². The van der Waals surface area contributed by atoms with Crippen molar-refractivity contribution in [1.82, 2.24) is 15.8 Å². The van der Waals surface area contributed by atoms with E-state index in [1.807, 2.05) is 62.4 Å². The van der Waals surface area contributed by atoms with Crippen LogP contribution in [-0.2, 0) is 20.8 Å². The summed E-state index contributed by atoms with van der Waals surface area (Å²) in [4.78, 5) is 27.4. The van der Waals surface area contributed by atoms with Crippen LogP contribution in [0.25, 0.3) is 11.1 Å². The Labute approximate surface area is 228 Å². The number of carbonyl (C=O) groups is 2. The van der Waals surface area contributed by atoms with E-state index in [4.69, 9.17) is 9.47 Å². The van der Waals surface area contributed by atoms with Crippen LogP contribution in [0.5, 0.6) is 0 Å². The first-order valence-corrected chi connectivity index (χ1v) is 13.7. The number of carbonyl (C=O) groups excluding carboxylic acids is 2. The molecule has 4 rings (SSSR count). The first-order chi connectivity index (χ1) is 18.4. The van der Waals surface area contributed by atoms with Crippen molar-refractivity contribution in [2.24, 2.45) is 0 Å². The molecule has 0 bridgehead atoms. The highest BCUT2D eigenvalue weighted by Crippen LogP contribution is 2.26. The molecular weight excluding hydrogens is 498 g/mol. The Balaban J connectivity index is 1.43. The molecule has 1 fully saturated rings. The van der Waals surface area contributed by atoms with Crippen LogP contribution >= 0.6 is 11.3 Å². The molecular formula is C30H35N3O4S. The Morgan fingerprint density at radius 1 is 1.05 bits per heavy atom. The minimum atomic E-state index is -0.908. The van der Waals surface area contributed by atoms with Crippen LogP contribution in [0.1, 0.15) is 39.2 Å². The molecule has 1 aromatic heterocycles. The lowest BCUT2D eigenvalue weighted by atomic mass is 10.0. The number of amides is 2. The fourth-order valence-electron chi connectivity index (χ4n) is 4.30. The summed E-state index contributed by atoms with van der Waals surface area (Å²) in [7, 11) is 0. The van der Waals surface area contributed by atoms with Gasteiger partial charge in [-0.1, -0.05) is 48.0 Å². The smallest absolute Gasteiger partial charge is 0.256 e. The largest absolute Gasteiger partial charge is 0.346 e. The van der Waals surface area contributed by atoms with Crippen LogP contribution in [0, 0.1) is 13.8 Å². The first kappa shape index (κ1) is 27.7. The Bertz CT molecular complexity index is 1250. The van der Waals surface area contributed by atoms with Crippen molar-refractivity contribution in [3.63, 3.8) is 0 Å². The quantitative estimate of drug-likeness (QED) is 0.253. The number of rotatable bonds is 12. The van der Waals surface area contributed by atoms with Gasteiger partial charge in [-0.3, -0.25) is 14.6 Å². The standard InChI is InChI=1S/C30H35N3O4S/c1-4-5-13-30(36-14-15-37-30)21-33(32-18-27-16-23(3)20-38-27)28(34)19-31-29(35)26-8-6-7-25(17-26)24-11-9-22(2)10-12-24/h4,6-12,16-17,20,32H,1,5,13-15,18-19,21H2,2-3H3,(H,31,35). The molecule has 38 heavy (non-hydrogen) atoms. The molecule has 200 valence electrons. The zero-order valence-electron chi connectivity index (χ0n) is 22.0. The molecule has 2 N–H and O–H groups in total. The van der Waals surface area contributed by atoms with Gasteiger partial charge in [-0.05, 0) is 60.5 Å². The molecule has 7 nitrogen and oxygen atoms in total. The predicted octanol–water partition coefficient (Wildman–Crippen LogP) is 5.00. The second kappa shape index (κ2) is 13.0. The maximum absolute atomic E-state index is 13.4. The molecule has 1 aliphatic heterocycles. The van der Waals surface area contributed by atoms with Crippen molar-refractivity contribution >= 4 is 23.2 Å². The molecule has 0 spiro atoms. The highest BCUT2D eigenvalue weighted by Gasteiger charge is 2.39. The summed E-state index contributed by atoms with van der Waals surface area (Å²) >= 11 is 1.63. The normalized spacial score (nSPS) is 14.3. The first-order valence-electron chi connectivity index (χ1n) is 12.8. The number of hydrogen-bond acceptors (Lipinski definition) is 6. The molecule has 2 amide bonds. The van der Waals surface area contributed by atoms with E-state index in [2.05, 4.69) is 28.8 Å². The van der Waals surface area contributed by atoms with Crippen LogP contribution in [0.3, 0.4) is 0 Å². The van der Waals surface area contributed by atoms with Gasteiger partial charge >= 0.3 is 0 Å². The maximum Gasteiger partial charge on any atom is 0.256 e. The second-order valence-corrected chi connectivity index (χ2v) is 10.5. The number of nitrogens with zero attached hydrogens (tertiary/aromatic N) is 1. The third-order valence-electron chi connectivity index (χ3n) is 6.38. The summed E-state index contributed by atoms with van der Waals surface area (Å²) in [6.45, 7) is 9.33. The van der Waals surface area contributed by atoms with Crippen LogP contribution < -0.4 is 10.7 Å². The number of allylic oxidation sites excluding steroid dienone is 1. The summed E-state index contributed by atoms with van der Waals surface area (Å²) < 4.78 is 11.9. The van der Waals surface area contributed by atoms with Crippen LogP contribution in [0.15, 0.2) is 72.6 Å². The van der Waals surface area contributed by atoms with Crippen molar-refractivity contribution in [3.05, 3.63) is 94.2 Å². The van der Waals surface area contributed by atoms with Gasteiger partial charge in [0.2, 0.25) is 0 Å². The lowest BCUT2D eigenvalue weighted by molar-refractivity contribution is -0.185. The van der Waals surface area contributed by atoms with E-state index in [1.165, 1.54) is 16.1 Å². The Hall–Kier alpha value is -3.30. The fourth-order valence-corrected chi connectivity index (χ4v) is 5.11. The van der Waals surface area contributed by atoms with Crippen LogP contribution in [0.4, 0.5) is 0 Å². The predicted molar refractivity (Wildman–Crippen MR) is 151 cm³/mol. The van der Waals surface area contributed by atoms with Crippen molar-refractivity contribution < 1.29 is 19.1 Å². The molecule has 0 atom stereocenters. The molecule has 0 radical (unpaired) electrons. The summed E-state index contributed by atoms with van der Waals surface area (Å²) in [5.41, 5.74) is 8.05. The van der Waals surface area contributed by atoms with Gasteiger partial charge in [-0.25, -0.2) is 5.43 Å². The minimum Gasteiger partial charge on any atom is -0.346 e. The van der Waals surface area contributed by atoms with E-state index >= 15 is 0 Å². The maximum atomic E-state index is 13.4. The molecule has 0 aliphatic carbocycles. The van der Waals surface area contributed by atoms with Gasteiger partial charge in [-0.2, -0.15) is 0 Å². The second-order valence-electron chi connectivity index (χ2n) is 9.47. The van der Waals surface area contributed by atoms with Crippen molar-refractivity contribution in [3.8, 4) is 11.1 Å². The number of aryl methyl sites for hydroxylation is 2. The average molecular weight is 534 g/mol. The van der Waals surface area contributed by atoms with E-state index in [1.54, 1.807) is 17.4 Å². The van der Waals surface area contributed by atoms with E-state index in [0.29, 0.717) is 38.2 Å². The highest BCUT2D eigenvalue weighted by molar-refractivity contribution is 7.10. The Morgan fingerprint density at radius 3 is 2.50 bits per heavy atom. The SMILES string of the molecule is C=CCCC1(CN(NCc2cc(C)cs2)C(=O)CNC(=O)c2cccc(-c3ccc(C)cc3)c2)OCCO1. The summed E-state index contributed by atoms with van der Waals surface area (Å²) in [6.07, 6.45) is 3.09. The van der Waals surface area contributed by atoms with Gasteiger partial charge in [0.15, 0.2) is 5.79 Å². The van der Waals surface area contributed by atoms with E-state index in [0.717, 1.165) is 16.0 Å². The van der Waals surface area contributed by atoms with Crippen LogP contribution in [0.2, 0.25) is 0 Å². The van der Waals surface area contributed by atoms with E-state index in [9.17, 15) is 9.59 Å². The van der Waals surface area contributed by atoms with Crippen molar-refractivity contribution in [2.45, 2.75) is 39.0 Å². The van der Waals surface area contributed by atoms with Gasteiger partial charge in [0.1, 0.15) is 0 Å². The zero-order chi connectivity index (χ0) is 27.0. The van der Waals surface area contributed by atoms with Crippen molar-refractivity contribution in [1.29, 1.82) is 0 Å². The van der Waals surface area contributed by atoms with Crippen molar-refractivity contribution in [2.75, 3.05) is 26.3 Å². The summed E-state index contributed by atoms with van der Waals surface area (Å²) in [5, 5.41) is 6.36. The Kier molecular flexibility index (Phi) is 9.47. The molecule has 0 saturated carbocycles. The third-order valence-corrected chi connectivity index (χ3v) is 7.44. The topological polar surface area (TPSA) is 79.9 Å². The van der Waals surface area contributed by atoms with E-state index in [-0.39, 0.29) is 24.9 Å².